The number of aliphatic hydroxyl groups is 6. The molecule has 0 spiro atoms. The summed E-state index contributed by atoms with van der Waals surface area (Å²) in [4.78, 5) is 24.3. The van der Waals surface area contributed by atoms with E-state index in [9.17, 15) is 45.3 Å². The van der Waals surface area contributed by atoms with Crippen molar-refractivity contribution in [3.8, 4) is 0 Å². The summed E-state index contributed by atoms with van der Waals surface area (Å²) in [6.07, 6.45) is 3.79. The molecule has 13 atom stereocenters. The summed E-state index contributed by atoms with van der Waals surface area (Å²) in [5, 5.41) is 74.1. The van der Waals surface area contributed by atoms with Crippen LogP contribution < -0.4 is 5.73 Å². The Morgan fingerprint density at radius 3 is 2.30 bits per heavy atom. The van der Waals surface area contributed by atoms with Gasteiger partial charge in [-0.25, -0.2) is 4.79 Å². The third-order valence-electron chi connectivity index (χ3n) is 8.23. The minimum absolute atomic E-state index is 0.00409. The van der Waals surface area contributed by atoms with Crippen LogP contribution in [0.1, 0.15) is 52.4 Å². The van der Waals surface area contributed by atoms with Crippen molar-refractivity contribution in [2.45, 2.75) is 125 Å². The fourth-order valence-corrected chi connectivity index (χ4v) is 5.78. The molecule has 3 aliphatic rings. The van der Waals surface area contributed by atoms with E-state index in [0.717, 1.165) is 0 Å². The number of cyclic esters (lactones) is 1. The number of carboxylic acid groups (broad SMARTS) is 1. The summed E-state index contributed by atoms with van der Waals surface area (Å²) in [6, 6.07) is -1.09. The van der Waals surface area contributed by atoms with Gasteiger partial charge in [0.05, 0.1) is 48.8 Å². The Morgan fingerprint density at radius 1 is 0.915 bits per heavy atom. The van der Waals surface area contributed by atoms with Gasteiger partial charge in [0.25, 0.3) is 0 Å². The van der Waals surface area contributed by atoms with Crippen LogP contribution in [0.25, 0.3) is 0 Å². The van der Waals surface area contributed by atoms with Gasteiger partial charge in [-0.2, -0.15) is 0 Å². The number of esters is 1. The van der Waals surface area contributed by atoms with Gasteiger partial charge >= 0.3 is 11.9 Å². The summed E-state index contributed by atoms with van der Waals surface area (Å²) in [7, 11) is 0. The van der Waals surface area contributed by atoms with Crippen LogP contribution in [-0.2, 0) is 28.5 Å². The standard InChI is InChI=1S/C33H49NO13/c1-19-11-8-6-4-3-5-7-9-13-23(46-32-30(40)28(34)29(39)20(2)45-32)16-25-27(31(41)42)24(37)18-33(43,47-25)17-22(36)15-21(35)12-10-14-26(38)44-19/h3-10,13-14,19-25,27-30,32,35-37,39-40,43H,11-12,15-18,34H2,1-2H3,(H,41,42)/b4-3+,7-5+,8-6+,13-9+,14-10+/t19?,20-,21?,22?,23?,24+,25+,27-,28+,29?,30+,32?,33?/m1/s1. The van der Waals surface area contributed by atoms with Crippen molar-refractivity contribution in [1.29, 1.82) is 0 Å². The lowest BCUT2D eigenvalue weighted by molar-refractivity contribution is -0.308. The number of carbonyl (C=O) groups is 2. The van der Waals surface area contributed by atoms with Gasteiger partial charge in [0.2, 0.25) is 0 Å². The van der Waals surface area contributed by atoms with E-state index in [1.54, 1.807) is 56.4 Å². The number of carbonyl (C=O) groups excluding carboxylic acids is 1. The fraction of sp³-hybridized carbons (Fsp3) is 0.636. The molecule has 0 radical (unpaired) electrons. The molecule has 14 heteroatoms. The van der Waals surface area contributed by atoms with Gasteiger partial charge in [-0.3, -0.25) is 4.79 Å². The highest BCUT2D eigenvalue weighted by molar-refractivity contribution is 5.82. The quantitative estimate of drug-likeness (QED) is 0.186. The van der Waals surface area contributed by atoms with Crippen LogP contribution in [0.3, 0.4) is 0 Å². The monoisotopic (exact) mass is 667 g/mol. The third-order valence-corrected chi connectivity index (χ3v) is 8.23. The third kappa shape index (κ3) is 12.0. The van der Waals surface area contributed by atoms with Crippen molar-refractivity contribution < 1.29 is 64.3 Å². The second-order valence-electron chi connectivity index (χ2n) is 12.4. The molecule has 0 aromatic rings. The van der Waals surface area contributed by atoms with E-state index in [-0.39, 0.29) is 19.3 Å². The number of aliphatic carboxylic acids is 1. The first kappa shape index (κ1) is 38.7. The van der Waals surface area contributed by atoms with Crippen LogP contribution in [0.2, 0.25) is 0 Å². The van der Waals surface area contributed by atoms with E-state index in [2.05, 4.69) is 0 Å². The molecule has 2 saturated heterocycles. The van der Waals surface area contributed by atoms with Crippen LogP contribution in [-0.4, -0.2) is 121 Å². The maximum atomic E-state index is 12.2. The lowest BCUT2D eigenvalue weighted by Gasteiger charge is -2.45. The van der Waals surface area contributed by atoms with Crippen LogP contribution in [0.15, 0.2) is 60.8 Å². The number of aliphatic hydroxyl groups excluding tert-OH is 5. The topological polar surface area (TPSA) is 239 Å². The molecule has 0 aromatic carbocycles. The van der Waals surface area contributed by atoms with Crippen molar-refractivity contribution in [2.75, 3.05) is 0 Å². The lowest BCUT2D eigenvalue weighted by atomic mass is 9.83. The Hall–Kier alpha value is -2.76. The van der Waals surface area contributed by atoms with Gasteiger partial charge < -0.3 is 60.4 Å². The van der Waals surface area contributed by atoms with Gasteiger partial charge in [-0.15, -0.1) is 0 Å². The van der Waals surface area contributed by atoms with Crippen molar-refractivity contribution in [1.82, 2.24) is 0 Å². The smallest absolute Gasteiger partial charge is 0.330 e. The molecular formula is C33H49NO13. The Balaban J connectivity index is 1.90. The van der Waals surface area contributed by atoms with Gasteiger partial charge in [-0.05, 0) is 26.7 Å². The van der Waals surface area contributed by atoms with Gasteiger partial charge in [0.1, 0.15) is 18.1 Å². The van der Waals surface area contributed by atoms with Crippen molar-refractivity contribution in [2.24, 2.45) is 11.7 Å². The molecule has 47 heavy (non-hydrogen) atoms. The SMILES string of the molecule is CC1C/C=C/C=C/C=C/C=C/C(OC2O[C@H](C)C(O)[C@H](N)[C@@H]2O)C[C@@H]2OC(O)(CC(O)CC(O)C/C=C/C(=O)O1)C[C@H](O)[C@H]2C(=O)O. The zero-order valence-corrected chi connectivity index (χ0v) is 26.6. The summed E-state index contributed by atoms with van der Waals surface area (Å²) in [6.45, 7) is 3.30. The summed E-state index contributed by atoms with van der Waals surface area (Å²) in [5.41, 5.74) is 5.96. The van der Waals surface area contributed by atoms with Crippen molar-refractivity contribution >= 4 is 11.9 Å². The van der Waals surface area contributed by atoms with E-state index in [1.807, 2.05) is 6.08 Å². The second-order valence-corrected chi connectivity index (χ2v) is 12.4. The van der Waals surface area contributed by atoms with Crippen molar-refractivity contribution in [3.05, 3.63) is 60.8 Å². The zero-order chi connectivity index (χ0) is 34.7. The summed E-state index contributed by atoms with van der Waals surface area (Å²) < 4.78 is 22.8. The predicted molar refractivity (Wildman–Crippen MR) is 167 cm³/mol. The highest BCUT2D eigenvalue weighted by atomic mass is 16.7. The number of ether oxygens (including phenoxy) is 4. The maximum Gasteiger partial charge on any atom is 0.330 e. The molecule has 9 N–H and O–H groups in total. The maximum absolute atomic E-state index is 12.2. The Labute approximate surface area is 274 Å². The molecule has 3 aliphatic heterocycles. The molecule has 14 nitrogen and oxygen atoms in total. The minimum Gasteiger partial charge on any atom is -0.481 e. The lowest BCUT2D eigenvalue weighted by Crippen LogP contribution is -2.61. The van der Waals surface area contributed by atoms with Gasteiger partial charge in [0.15, 0.2) is 12.1 Å². The number of carboxylic acids is 1. The molecular weight excluding hydrogens is 618 g/mol. The normalized spacial score (nSPS) is 45.0. The first-order chi connectivity index (χ1) is 22.2. The molecule has 0 saturated carbocycles. The van der Waals surface area contributed by atoms with Crippen LogP contribution in [0, 0.1) is 5.92 Å². The first-order valence-electron chi connectivity index (χ1n) is 15.8. The van der Waals surface area contributed by atoms with E-state index >= 15 is 0 Å². The number of fused-ring (bicyclic) bond motifs is 2. The predicted octanol–water partition coefficient (Wildman–Crippen LogP) is 0.103. The van der Waals surface area contributed by atoms with Crippen LogP contribution in [0.4, 0.5) is 0 Å². The highest BCUT2D eigenvalue weighted by Gasteiger charge is 2.50. The molecule has 3 rings (SSSR count). The Kier molecular flexibility index (Phi) is 14.9. The number of hydrogen-bond acceptors (Lipinski definition) is 13. The van der Waals surface area contributed by atoms with E-state index < -0.39 is 104 Å². The second kappa shape index (κ2) is 18.1. The van der Waals surface area contributed by atoms with E-state index in [0.29, 0.717) is 6.42 Å². The number of rotatable bonds is 3. The average molecular weight is 668 g/mol. The summed E-state index contributed by atoms with van der Waals surface area (Å²) >= 11 is 0. The highest BCUT2D eigenvalue weighted by Crippen LogP contribution is 2.38. The minimum atomic E-state index is -2.17. The largest absolute Gasteiger partial charge is 0.481 e. The number of allylic oxidation sites excluding steroid dienone is 6. The molecule has 2 bridgehead atoms. The molecule has 264 valence electrons. The van der Waals surface area contributed by atoms with E-state index in [4.69, 9.17) is 24.7 Å². The fourth-order valence-electron chi connectivity index (χ4n) is 5.78. The Morgan fingerprint density at radius 2 is 1.60 bits per heavy atom. The van der Waals surface area contributed by atoms with Gasteiger partial charge in [0, 0.05) is 31.8 Å². The average Bonchev–Trinajstić information content (AvgIpc) is 2.96. The van der Waals surface area contributed by atoms with Crippen LogP contribution in [0.5, 0.6) is 0 Å². The molecule has 7 unspecified atom stereocenters. The number of nitrogens with two attached hydrogens (primary N) is 1. The Bertz CT molecular complexity index is 1170. The molecule has 0 aromatic heterocycles. The van der Waals surface area contributed by atoms with Crippen molar-refractivity contribution in [3.63, 3.8) is 0 Å². The molecule has 0 amide bonds. The van der Waals surface area contributed by atoms with Gasteiger partial charge in [-0.1, -0.05) is 54.7 Å². The molecule has 0 aliphatic carbocycles. The van der Waals surface area contributed by atoms with E-state index in [1.165, 1.54) is 12.2 Å². The molecule has 2 fully saturated rings. The summed E-state index contributed by atoms with van der Waals surface area (Å²) in [5.74, 6) is -5.64. The molecule has 3 heterocycles. The zero-order valence-electron chi connectivity index (χ0n) is 26.6. The number of hydrogen-bond donors (Lipinski definition) is 8. The first-order valence-corrected chi connectivity index (χ1v) is 15.8. The van der Waals surface area contributed by atoms with Crippen LogP contribution >= 0.6 is 0 Å².